The number of H-pyrrole nitrogens is 1. The van der Waals surface area contributed by atoms with E-state index in [9.17, 15) is 9.59 Å². The number of nitrogens with one attached hydrogen (secondary N) is 2. The van der Waals surface area contributed by atoms with E-state index < -0.39 is 12.0 Å². The zero-order valence-electron chi connectivity index (χ0n) is 10.9. The van der Waals surface area contributed by atoms with Gasteiger partial charge in [0, 0.05) is 23.6 Å². The van der Waals surface area contributed by atoms with E-state index in [1.54, 1.807) is 0 Å². The Morgan fingerprint density at radius 2 is 2.10 bits per heavy atom. The van der Waals surface area contributed by atoms with Gasteiger partial charge in [0.25, 0.3) is 0 Å². The Kier molecular flexibility index (Phi) is 4.37. The number of aromatic nitrogens is 1. The van der Waals surface area contributed by atoms with Gasteiger partial charge >= 0.3 is 5.97 Å². The lowest BCUT2D eigenvalue weighted by Gasteiger charge is -2.11. The number of nitrogens with two attached hydrogens (primary N) is 1. The lowest BCUT2D eigenvalue weighted by Crippen LogP contribution is -2.42. The molecule has 0 aliphatic heterocycles. The normalized spacial score (nSPS) is 12.2. The van der Waals surface area contributed by atoms with Gasteiger partial charge in [0.15, 0.2) is 0 Å². The van der Waals surface area contributed by atoms with Gasteiger partial charge in [-0.3, -0.25) is 9.59 Å². The van der Waals surface area contributed by atoms with E-state index in [1.165, 1.54) is 0 Å². The molecule has 2 rings (SSSR count). The summed E-state index contributed by atoms with van der Waals surface area (Å²) in [5.74, 6) is -1.29. The first-order chi connectivity index (χ1) is 9.58. The van der Waals surface area contributed by atoms with Gasteiger partial charge in [0.1, 0.15) is 0 Å². The molecule has 0 saturated carbocycles. The minimum Gasteiger partial charge on any atom is -0.481 e. The lowest BCUT2D eigenvalue weighted by molar-refractivity contribution is -0.136. The highest BCUT2D eigenvalue weighted by Gasteiger charge is 2.15. The third kappa shape index (κ3) is 3.36. The smallest absolute Gasteiger partial charge is 0.305 e. The minimum absolute atomic E-state index is 0.0930. The van der Waals surface area contributed by atoms with Crippen molar-refractivity contribution in [3.05, 3.63) is 36.0 Å². The fourth-order valence-electron chi connectivity index (χ4n) is 2.05. The number of rotatable bonds is 6. The van der Waals surface area contributed by atoms with Crippen LogP contribution in [0, 0.1) is 0 Å². The van der Waals surface area contributed by atoms with E-state index in [1.807, 2.05) is 30.5 Å². The highest BCUT2D eigenvalue weighted by molar-refractivity contribution is 5.86. The Balaban J connectivity index is 1.95. The van der Waals surface area contributed by atoms with Crippen LogP contribution >= 0.6 is 0 Å². The zero-order chi connectivity index (χ0) is 14.5. The summed E-state index contributed by atoms with van der Waals surface area (Å²) in [6.45, 7) is 0.0930. The molecule has 6 heteroatoms. The first-order valence-electron chi connectivity index (χ1n) is 6.38. The number of fused-ring (bicyclic) bond motifs is 1. The quantitative estimate of drug-likeness (QED) is 0.620. The number of carboxylic acids is 1. The van der Waals surface area contributed by atoms with Crippen molar-refractivity contribution in [1.29, 1.82) is 0 Å². The van der Waals surface area contributed by atoms with Crippen LogP contribution in [0.3, 0.4) is 0 Å². The van der Waals surface area contributed by atoms with E-state index in [-0.39, 0.29) is 18.9 Å². The average Bonchev–Trinajstić information content (AvgIpc) is 2.81. The van der Waals surface area contributed by atoms with Crippen LogP contribution < -0.4 is 11.1 Å². The number of hydrogen-bond acceptors (Lipinski definition) is 3. The Morgan fingerprint density at radius 3 is 2.85 bits per heavy atom. The summed E-state index contributed by atoms with van der Waals surface area (Å²) in [4.78, 5) is 25.2. The van der Waals surface area contributed by atoms with Crippen molar-refractivity contribution in [3.63, 3.8) is 0 Å². The summed E-state index contributed by atoms with van der Waals surface area (Å²) in [6, 6.07) is 7.09. The molecule has 0 unspecified atom stereocenters. The monoisotopic (exact) mass is 275 g/mol. The number of para-hydroxylation sites is 1. The maximum absolute atomic E-state index is 11.7. The second-order valence-electron chi connectivity index (χ2n) is 4.60. The van der Waals surface area contributed by atoms with Gasteiger partial charge in [-0.2, -0.15) is 0 Å². The van der Waals surface area contributed by atoms with Gasteiger partial charge in [0.05, 0.1) is 12.5 Å². The molecule has 1 heterocycles. The summed E-state index contributed by atoms with van der Waals surface area (Å²) in [5, 5.41) is 12.1. The summed E-state index contributed by atoms with van der Waals surface area (Å²) in [5.41, 5.74) is 7.82. The first-order valence-corrected chi connectivity index (χ1v) is 6.38. The molecular formula is C14H17N3O3. The molecule has 1 amide bonds. The molecule has 0 aliphatic rings. The molecule has 5 N–H and O–H groups in total. The second kappa shape index (κ2) is 6.21. The van der Waals surface area contributed by atoms with E-state index in [2.05, 4.69) is 10.3 Å². The van der Waals surface area contributed by atoms with Crippen molar-refractivity contribution in [2.24, 2.45) is 5.73 Å². The second-order valence-corrected chi connectivity index (χ2v) is 4.60. The maximum Gasteiger partial charge on any atom is 0.305 e. The molecule has 1 aromatic heterocycles. The van der Waals surface area contributed by atoms with E-state index >= 15 is 0 Å². The van der Waals surface area contributed by atoms with Crippen LogP contribution in [0.25, 0.3) is 10.9 Å². The molecule has 1 atom stereocenters. The van der Waals surface area contributed by atoms with Crippen molar-refractivity contribution in [2.75, 3.05) is 6.54 Å². The number of carbonyl (C=O) groups excluding carboxylic acids is 1. The Bertz CT molecular complexity index is 621. The number of amides is 1. The van der Waals surface area contributed by atoms with Gasteiger partial charge in [-0.15, -0.1) is 0 Å². The third-order valence-corrected chi connectivity index (χ3v) is 3.09. The zero-order valence-corrected chi connectivity index (χ0v) is 10.9. The molecule has 0 spiro atoms. The fraction of sp³-hybridized carbons (Fsp3) is 0.286. The van der Waals surface area contributed by atoms with Crippen LogP contribution in [0.2, 0.25) is 0 Å². The molecule has 0 aliphatic carbocycles. The number of aliphatic carboxylic acids is 1. The van der Waals surface area contributed by atoms with Gasteiger partial charge in [-0.25, -0.2) is 0 Å². The van der Waals surface area contributed by atoms with Gasteiger partial charge in [-0.05, 0) is 18.1 Å². The predicted octanol–water partition coefficient (Wildman–Crippen LogP) is 0.629. The number of hydrogen-bond donors (Lipinski definition) is 4. The molecule has 0 fully saturated rings. The summed E-state index contributed by atoms with van der Waals surface area (Å²) in [6.07, 6.45) is 2.14. The molecule has 0 radical (unpaired) electrons. The summed E-state index contributed by atoms with van der Waals surface area (Å²) >= 11 is 0. The van der Waals surface area contributed by atoms with Crippen molar-refractivity contribution in [1.82, 2.24) is 10.3 Å². The van der Waals surface area contributed by atoms with Crippen LogP contribution in [0.4, 0.5) is 0 Å². The highest BCUT2D eigenvalue weighted by Crippen LogP contribution is 2.18. The fourth-order valence-corrected chi connectivity index (χ4v) is 2.05. The maximum atomic E-state index is 11.7. The van der Waals surface area contributed by atoms with Crippen molar-refractivity contribution >= 4 is 22.8 Å². The third-order valence-electron chi connectivity index (χ3n) is 3.09. The molecule has 2 aromatic rings. The molecular weight excluding hydrogens is 258 g/mol. The van der Waals surface area contributed by atoms with Gasteiger partial charge < -0.3 is 21.1 Å². The number of benzene rings is 1. The van der Waals surface area contributed by atoms with Crippen LogP contribution in [0.15, 0.2) is 30.5 Å². The minimum atomic E-state index is -0.949. The lowest BCUT2D eigenvalue weighted by atomic mass is 10.1. The molecule has 1 aromatic carbocycles. The van der Waals surface area contributed by atoms with Crippen LogP contribution in [0.5, 0.6) is 0 Å². The van der Waals surface area contributed by atoms with Crippen LogP contribution in [0.1, 0.15) is 12.0 Å². The Labute approximate surface area is 116 Å². The van der Waals surface area contributed by atoms with E-state index in [0.29, 0.717) is 6.42 Å². The summed E-state index contributed by atoms with van der Waals surface area (Å²) < 4.78 is 0. The largest absolute Gasteiger partial charge is 0.481 e. The molecule has 0 bridgehead atoms. The van der Waals surface area contributed by atoms with Crippen molar-refractivity contribution in [2.45, 2.75) is 18.9 Å². The Hall–Kier alpha value is -2.34. The standard InChI is InChI=1S/C14H17N3O3/c15-11(14(20)16-6-5-13(18)19)7-9-8-17-12-4-2-1-3-10(9)12/h1-4,8,11,17H,5-7,15H2,(H,16,20)(H,18,19)/t11-/m0/s1. The van der Waals surface area contributed by atoms with Crippen molar-refractivity contribution in [3.8, 4) is 0 Å². The van der Waals surface area contributed by atoms with Crippen LogP contribution in [-0.4, -0.2) is 34.6 Å². The van der Waals surface area contributed by atoms with Gasteiger partial charge in [-0.1, -0.05) is 18.2 Å². The van der Waals surface area contributed by atoms with E-state index in [4.69, 9.17) is 10.8 Å². The molecule has 20 heavy (non-hydrogen) atoms. The number of carboxylic acid groups (broad SMARTS) is 1. The van der Waals surface area contributed by atoms with E-state index in [0.717, 1.165) is 16.5 Å². The highest BCUT2D eigenvalue weighted by atomic mass is 16.4. The summed E-state index contributed by atoms with van der Waals surface area (Å²) in [7, 11) is 0. The van der Waals surface area contributed by atoms with Gasteiger partial charge in [0.2, 0.25) is 5.91 Å². The average molecular weight is 275 g/mol. The molecule has 6 nitrogen and oxygen atoms in total. The molecule has 106 valence electrons. The van der Waals surface area contributed by atoms with Crippen molar-refractivity contribution < 1.29 is 14.7 Å². The topological polar surface area (TPSA) is 108 Å². The first kappa shape index (κ1) is 14.1. The Morgan fingerprint density at radius 1 is 1.35 bits per heavy atom. The van der Waals surface area contributed by atoms with Crippen LogP contribution in [-0.2, 0) is 16.0 Å². The number of aromatic amines is 1. The SMILES string of the molecule is N[C@@H](Cc1c[nH]c2ccccc12)C(=O)NCCC(=O)O. The molecule has 0 saturated heterocycles. The number of carbonyl (C=O) groups is 2. The predicted molar refractivity (Wildman–Crippen MR) is 75.2 cm³/mol.